The van der Waals surface area contributed by atoms with Crippen LogP contribution in [-0.4, -0.2) is 32.4 Å². The Morgan fingerprint density at radius 3 is 2.47 bits per heavy atom. The molecule has 2 saturated carbocycles. The van der Waals surface area contributed by atoms with E-state index in [1.54, 1.807) is 0 Å². The maximum atomic E-state index is 11.9. The Kier molecular flexibility index (Phi) is 3.98. The number of carbonyl (C=O) groups excluding carboxylic acids is 1. The van der Waals surface area contributed by atoms with E-state index in [9.17, 15) is 9.90 Å². The number of rotatable bonds is 4. The summed E-state index contributed by atoms with van der Waals surface area (Å²) in [6.45, 7) is 12.1. The summed E-state index contributed by atoms with van der Waals surface area (Å²) in [5.74, 6) is 1.51. The lowest BCUT2D eigenvalue weighted by atomic mass is 9.79. The molecule has 0 heterocycles. The summed E-state index contributed by atoms with van der Waals surface area (Å²) in [7, 11) is -1.76. The second-order valence-electron chi connectivity index (χ2n) is 7.85. The van der Waals surface area contributed by atoms with Crippen molar-refractivity contribution in [3.05, 3.63) is 0 Å². The molecule has 110 valence electrons. The van der Waals surface area contributed by atoms with Gasteiger partial charge in [-0.2, -0.15) is 0 Å². The van der Waals surface area contributed by atoms with Crippen molar-refractivity contribution >= 4 is 14.1 Å². The van der Waals surface area contributed by atoms with Gasteiger partial charge in [0.25, 0.3) is 0 Å². The molecule has 2 fully saturated rings. The standard InChI is InChI=1S/C15H28O3Si/c1-15(2,3)19(4,5)18-9-13-11-6-10(7-14(11)17)12(13)8-16/h10-13,16H,6-9H2,1-5H3/t10-,11-,12+,13+/m1/s1. The molecule has 0 aromatic carbocycles. The fraction of sp³-hybridized carbons (Fsp3) is 0.933. The van der Waals surface area contributed by atoms with Crippen LogP contribution in [0.1, 0.15) is 33.6 Å². The van der Waals surface area contributed by atoms with E-state index in [1.165, 1.54) is 0 Å². The third-order valence-corrected chi connectivity index (χ3v) is 10.3. The van der Waals surface area contributed by atoms with Gasteiger partial charge < -0.3 is 9.53 Å². The fourth-order valence-corrected chi connectivity index (χ4v) is 4.43. The quantitative estimate of drug-likeness (QED) is 0.808. The van der Waals surface area contributed by atoms with Crippen LogP contribution in [0.3, 0.4) is 0 Å². The van der Waals surface area contributed by atoms with Crippen molar-refractivity contribution in [2.75, 3.05) is 13.2 Å². The van der Waals surface area contributed by atoms with Gasteiger partial charge in [0.1, 0.15) is 5.78 Å². The highest BCUT2D eigenvalue weighted by molar-refractivity contribution is 6.74. The molecule has 0 spiro atoms. The third-order valence-electron chi connectivity index (χ3n) is 5.76. The van der Waals surface area contributed by atoms with Crippen molar-refractivity contribution in [3.8, 4) is 0 Å². The van der Waals surface area contributed by atoms with Gasteiger partial charge in [0.2, 0.25) is 0 Å². The number of carbonyl (C=O) groups is 1. The average molecular weight is 284 g/mol. The summed E-state index contributed by atoms with van der Waals surface area (Å²) < 4.78 is 6.29. The van der Waals surface area contributed by atoms with Crippen LogP contribution in [-0.2, 0) is 9.22 Å². The normalized spacial score (nSPS) is 35.2. The van der Waals surface area contributed by atoms with Gasteiger partial charge in [-0.1, -0.05) is 20.8 Å². The van der Waals surface area contributed by atoms with E-state index >= 15 is 0 Å². The van der Waals surface area contributed by atoms with Gasteiger partial charge in [0, 0.05) is 25.6 Å². The summed E-state index contributed by atoms with van der Waals surface area (Å²) in [6.07, 6.45) is 1.67. The monoisotopic (exact) mass is 284 g/mol. The predicted molar refractivity (Wildman–Crippen MR) is 78.4 cm³/mol. The first kappa shape index (κ1) is 15.2. The molecule has 0 aromatic rings. The van der Waals surface area contributed by atoms with Crippen molar-refractivity contribution in [2.24, 2.45) is 23.7 Å². The summed E-state index contributed by atoms with van der Waals surface area (Å²) in [4.78, 5) is 11.9. The van der Waals surface area contributed by atoms with Gasteiger partial charge in [-0.15, -0.1) is 0 Å². The van der Waals surface area contributed by atoms with Crippen LogP contribution in [0.25, 0.3) is 0 Å². The molecule has 0 aromatic heterocycles. The van der Waals surface area contributed by atoms with E-state index in [0.717, 1.165) is 6.42 Å². The molecular weight excluding hydrogens is 256 g/mol. The number of ketones is 1. The first-order valence-corrected chi connectivity index (χ1v) is 10.4. The highest BCUT2D eigenvalue weighted by Gasteiger charge is 2.52. The first-order valence-electron chi connectivity index (χ1n) is 7.45. The van der Waals surface area contributed by atoms with Gasteiger partial charge in [0.05, 0.1) is 0 Å². The Labute approximate surface area is 117 Å². The Hall–Kier alpha value is -0.193. The predicted octanol–water partition coefficient (Wildman–Crippen LogP) is 2.84. The molecule has 3 nitrogen and oxygen atoms in total. The minimum absolute atomic E-state index is 0.159. The molecule has 0 amide bonds. The fourth-order valence-electron chi connectivity index (χ4n) is 3.38. The Bertz CT molecular complexity index is 359. The molecule has 0 radical (unpaired) electrons. The van der Waals surface area contributed by atoms with Crippen LogP contribution in [0.5, 0.6) is 0 Å². The topological polar surface area (TPSA) is 46.5 Å². The molecule has 1 N–H and O–H groups in total. The Morgan fingerprint density at radius 1 is 1.32 bits per heavy atom. The summed E-state index contributed by atoms with van der Waals surface area (Å²) in [5, 5.41) is 9.78. The molecule has 2 aliphatic carbocycles. The summed E-state index contributed by atoms with van der Waals surface area (Å²) >= 11 is 0. The molecule has 2 rings (SSSR count). The summed E-state index contributed by atoms with van der Waals surface area (Å²) in [6, 6.07) is 0. The van der Waals surface area contributed by atoms with E-state index in [-0.39, 0.29) is 29.4 Å². The minimum atomic E-state index is -1.76. The van der Waals surface area contributed by atoms with E-state index in [1.807, 2.05) is 0 Å². The lowest BCUT2D eigenvalue weighted by Gasteiger charge is -2.39. The lowest BCUT2D eigenvalue weighted by molar-refractivity contribution is -0.125. The molecule has 2 bridgehead atoms. The Balaban J connectivity index is 2.01. The van der Waals surface area contributed by atoms with Gasteiger partial charge in [0.15, 0.2) is 8.32 Å². The van der Waals surface area contributed by atoms with Crippen LogP contribution >= 0.6 is 0 Å². The number of aliphatic hydroxyl groups excluding tert-OH is 1. The maximum absolute atomic E-state index is 11.9. The molecule has 0 unspecified atom stereocenters. The first-order chi connectivity index (χ1) is 8.67. The van der Waals surface area contributed by atoms with Crippen LogP contribution in [0.4, 0.5) is 0 Å². The molecule has 4 heteroatoms. The summed E-state index contributed by atoms with van der Waals surface area (Å²) in [5.41, 5.74) is 0. The zero-order valence-electron chi connectivity index (χ0n) is 12.9. The highest BCUT2D eigenvalue weighted by Crippen LogP contribution is 2.50. The number of hydrogen-bond donors (Lipinski definition) is 1. The molecule has 19 heavy (non-hydrogen) atoms. The smallest absolute Gasteiger partial charge is 0.191 e. The zero-order chi connectivity index (χ0) is 14.4. The molecular formula is C15H28O3Si. The van der Waals surface area contributed by atoms with Crippen molar-refractivity contribution in [1.82, 2.24) is 0 Å². The molecule has 4 atom stereocenters. The van der Waals surface area contributed by atoms with Crippen molar-refractivity contribution in [2.45, 2.75) is 51.7 Å². The van der Waals surface area contributed by atoms with Gasteiger partial charge in [-0.25, -0.2) is 0 Å². The number of Topliss-reactive ketones (excluding diaryl/α,β-unsaturated/α-hetero) is 1. The van der Waals surface area contributed by atoms with Crippen molar-refractivity contribution < 1.29 is 14.3 Å². The SMILES string of the molecule is CC(C)(C)[Si](C)(C)OC[C@@H]1[C@@H](CO)[C@H]2CC(=O)[C@@H]1C2. The lowest BCUT2D eigenvalue weighted by Crippen LogP contribution is -2.44. The average Bonchev–Trinajstić information content (AvgIpc) is 2.80. The zero-order valence-corrected chi connectivity index (χ0v) is 13.9. The molecule has 0 aliphatic heterocycles. The van der Waals surface area contributed by atoms with Gasteiger partial charge >= 0.3 is 0 Å². The highest BCUT2D eigenvalue weighted by atomic mass is 28.4. The van der Waals surface area contributed by atoms with Crippen LogP contribution in [0.2, 0.25) is 18.1 Å². The number of fused-ring (bicyclic) bond motifs is 2. The van der Waals surface area contributed by atoms with Gasteiger partial charge in [-0.05, 0) is 42.3 Å². The Morgan fingerprint density at radius 2 is 1.95 bits per heavy atom. The second kappa shape index (κ2) is 4.97. The molecule has 2 aliphatic rings. The van der Waals surface area contributed by atoms with E-state index in [4.69, 9.17) is 4.43 Å². The van der Waals surface area contributed by atoms with Gasteiger partial charge in [-0.3, -0.25) is 4.79 Å². The maximum Gasteiger partial charge on any atom is 0.191 e. The van der Waals surface area contributed by atoms with E-state index < -0.39 is 8.32 Å². The van der Waals surface area contributed by atoms with Crippen molar-refractivity contribution in [1.29, 1.82) is 0 Å². The van der Waals surface area contributed by atoms with Crippen LogP contribution in [0, 0.1) is 23.7 Å². The third kappa shape index (κ3) is 2.67. The number of hydrogen-bond acceptors (Lipinski definition) is 3. The van der Waals surface area contributed by atoms with Crippen LogP contribution in [0.15, 0.2) is 0 Å². The largest absolute Gasteiger partial charge is 0.417 e. The van der Waals surface area contributed by atoms with Crippen molar-refractivity contribution in [3.63, 3.8) is 0 Å². The van der Waals surface area contributed by atoms with E-state index in [0.29, 0.717) is 24.7 Å². The number of aliphatic hydroxyl groups is 1. The minimum Gasteiger partial charge on any atom is -0.417 e. The van der Waals surface area contributed by atoms with E-state index in [2.05, 4.69) is 33.9 Å². The van der Waals surface area contributed by atoms with Crippen LogP contribution < -0.4 is 0 Å². The molecule has 0 saturated heterocycles. The second-order valence-corrected chi connectivity index (χ2v) is 12.7.